The maximum Gasteiger partial charge on any atom is 0.182 e. The maximum absolute atomic E-state index is 11.4. The Labute approximate surface area is 108 Å². The molecule has 1 atom stereocenters. The first kappa shape index (κ1) is 12.7. The minimum absolute atomic E-state index is 0.549. The van der Waals surface area contributed by atoms with Crippen LogP contribution in [0.1, 0.15) is 6.92 Å². The minimum atomic E-state index is -0.816. The Hall–Kier alpha value is -1.76. The van der Waals surface area contributed by atoms with Crippen molar-refractivity contribution >= 4 is 16.5 Å². The van der Waals surface area contributed by atoms with E-state index in [1.165, 1.54) is 0 Å². The van der Waals surface area contributed by atoms with E-state index in [-0.39, 0.29) is 0 Å². The second-order valence-corrected chi connectivity index (χ2v) is 5.65. The van der Waals surface area contributed by atoms with Gasteiger partial charge in [0, 0.05) is 33.6 Å². The Morgan fingerprint density at radius 2 is 2.06 bits per heavy atom. The lowest BCUT2D eigenvalue weighted by Gasteiger charge is -2.04. The van der Waals surface area contributed by atoms with Gasteiger partial charge in [0.15, 0.2) is 5.82 Å². The zero-order valence-electron chi connectivity index (χ0n) is 10.1. The lowest BCUT2D eigenvalue weighted by molar-refractivity contribution is 0.624. The largest absolute Gasteiger partial charge is 0.399 e. The van der Waals surface area contributed by atoms with E-state index in [4.69, 9.17) is 5.73 Å². The van der Waals surface area contributed by atoms with Crippen LogP contribution in [-0.2, 0) is 17.3 Å². The standard InChI is InChI=1S/C11H15N5OS/c1-2-18(17)8-7-16-11(13-14-15-16)9-3-5-10(12)6-4-9/h3-6H,2,7-8,12H2,1H3. The lowest BCUT2D eigenvalue weighted by atomic mass is 10.2. The number of benzene rings is 1. The molecule has 6 nitrogen and oxygen atoms in total. The molecule has 0 saturated heterocycles. The van der Waals surface area contributed by atoms with E-state index in [1.807, 2.05) is 19.1 Å². The summed E-state index contributed by atoms with van der Waals surface area (Å²) in [5, 5.41) is 11.6. The lowest BCUT2D eigenvalue weighted by Crippen LogP contribution is -2.11. The molecule has 0 saturated carbocycles. The third kappa shape index (κ3) is 2.92. The van der Waals surface area contributed by atoms with Gasteiger partial charge in [-0.15, -0.1) is 5.10 Å². The van der Waals surface area contributed by atoms with Crippen molar-refractivity contribution in [2.24, 2.45) is 0 Å². The first-order valence-electron chi connectivity index (χ1n) is 5.67. The van der Waals surface area contributed by atoms with Crippen molar-refractivity contribution in [3.8, 4) is 11.4 Å². The van der Waals surface area contributed by atoms with Gasteiger partial charge in [0.2, 0.25) is 0 Å². The van der Waals surface area contributed by atoms with Crippen molar-refractivity contribution in [1.82, 2.24) is 20.2 Å². The summed E-state index contributed by atoms with van der Waals surface area (Å²) < 4.78 is 13.1. The molecule has 0 aliphatic carbocycles. The van der Waals surface area contributed by atoms with Crippen LogP contribution in [0.15, 0.2) is 24.3 Å². The fourth-order valence-corrected chi connectivity index (χ4v) is 2.19. The van der Waals surface area contributed by atoms with Crippen LogP contribution in [0.5, 0.6) is 0 Å². The van der Waals surface area contributed by atoms with Gasteiger partial charge in [-0.3, -0.25) is 4.21 Å². The number of anilines is 1. The van der Waals surface area contributed by atoms with Gasteiger partial charge in [-0.1, -0.05) is 6.92 Å². The number of nitrogens with zero attached hydrogens (tertiary/aromatic N) is 4. The first-order valence-corrected chi connectivity index (χ1v) is 7.16. The van der Waals surface area contributed by atoms with Crippen molar-refractivity contribution in [2.45, 2.75) is 13.5 Å². The van der Waals surface area contributed by atoms with Crippen LogP contribution in [-0.4, -0.2) is 35.9 Å². The number of nitrogen functional groups attached to an aromatic ring is 1. The van der Waals surface area contributed by atoms with Crippen molar-refractivity contribution in [3.05, 3.63) is 24.3 Å². The average molecular weight is 265 g/mol. The van der Waals surface area contributed by atoms with Crippen LogP contribution < -0.4 is 5.73 Å². The van der Waals surface area contributed by atoms with Crippen LogP contribution in [0.25, 0.3) is 11.4 Å². The molecule has 2 N–H and O–H groups in total. The van der Waals surface area contributed by atoms with Crippen molar-refractivity contribution in [3.63, 3.8) is 0 Å². The van der Waals surface area contributed by atoms with Crippen LogP contribution in [0, 0.1) is 0 Å². The summed E-state index contributed by atoms with van der Waals surface area (Å²) >= 11 is 0. The Balaban J connectivity index is 2.17. The quantitative estimate of drug-likeness (QED) is 0.804. The molecule has 0 aliphatic heterocycles. The summed E-state index contributed by atoms with van der Waals surface area (Å²) in [5.74, 6) is 1.88. The molecule has 0 amide bonds. The highest BCUT2D eigenvalue weighted by atomic mass is 32.2. The van der Waals surface area contributed by atoms with E-state index >= 15 is 0 Å². The summed E-state index contributed by atoms with van der Waals surface area (Å²) in [6, 6.07) is 7.35. The zero-order valence-corrected chi connectivity index (χ0v) is 10.9. The summed E-state index contributed by atoms with van der Waals surface area (Å²) in [4.78, 5) is 0. The summed E-state index contributed by atoms with van der Waals surface area (Å²) in [6.45, 7) is 2.45. The molecule has 1 aromatic heterocycles. The molecule has 1 heterocycles. The van der Waals surface area contributed by atoms with Gasteiger partial charge in [0.25, 0.3) is 0 Å². The Morgan fingerprint density at radius 3 is 2.72 bits per heavy atom. The van der Waals surface area contributed by atoms with Crippen LogP contribution >= 0.6 is 0 Å². The van der Waals surface area contributed by atoms with Crippen molar-refractivity contribution in [2.75, 3.05) is 17.2 Å². The van der Waals surface area contributed by atoms with Gasteiger partial charge in [0.1, 0.15) is 0 Å². The van der Waals surface area contributed by atoms with Crippen LogP contribution in [0.4, 0.5) is 5.69 Å². The summed E-state index contributed by atoms with van der Waals surface area (Å²) in [5.41, 5.74) is 7.23. The molecular formula is C11H15N5OS. The number of rotatable bonds is 5. The predicted molar refractivity (Wildman–Crippen MR) is 71.2 cm³/mol. The van der Waals surface area contributed by atoms with Gasteiger partial charge >= 0.3 is 0 Å². The molecule has 7 heteroatoms. The first-order chi connectivity index (χ1) is 8.70. The fourth-order valence-electron chi connectivity index (χ4n) is 1.53. The van der Waals surface area contributed by atoms with Crippen molar-refractivity contribution in [1.29, 1.82) is 0 Å². The van der Waals surface area contributed by atoms with E-state index in [9.17, 15) is 4.21 Å². The molecule has 2 aromatic rings. The number of aryl methyl sites for hydroxylation is 1. The fraction of sp³-hybridized carbons (Fsp3) is 0.364. The van der Waals surface area contributed by atoms with Crippen molar-refractivity contribution < 1.29 is 4.21 Å². The Kier molecular flexibility index (Phi) is 4.03. The van der Waals surface area contributed by atoms with Crippen LogP contribution in [0.2, 0.25) is 0 Å². The number of hydrogen-bond donors (Lipinski definition) is 1. The number of nitrogens with two attached hydrogens (primary N) is 1. The van der Waals surface area contributed by atoms with Gasteiger partial charge in [-0.05, 0) is 34.7 Å². The molecule has 0 radical (unpaired) electrons. The Morgan fingerprint density at radius 1 is 1.33 bits per heavy atom. The molecular weight excluding hydrogens is 250 g/mol. The molecule has 0 fully saturated rings. The normalized spacial score (nSPS) is 12.5. The highest BCUT2D eigenvalue weighted by Crippen LogP contribution is 2.17. The highest BCUT2D eigenvalue weighted by molar-refractivity contribution is 7.84. The molecule has 1 unspecified atom stereocenters. The third-order valence-electron chi connectivity index (χ3n) is 2.55. The van der Waals surface area contributed by atoms with Gasteiger partial charge in [-0.2, -0.15) is 0 Å². The van der Waals surface area contributed by atoms with Gasteiger partial charge in [0.05, 0.1) is 6.54 Å². The highest BCUT2D eigenvalue weighted by Gasteiger charge is 2.09. The second kappa shape index (κ2) is 5.72. The monoisotopic (exact) mass is 265 g/mol. The van der Waals surface area contributed by atoms with E-state index in [2.05, 4.69) is 15.5 Å². The van der Waals surface area contributed by atoms with E-state index in [1.54, 1.807) is 16.8 Å². The van der Waals surface area contributed by atoms with E-state index in [0.717, 1.165) is 5.56 Å². The molecule has 1 aromatic carbocycles. The summed E-state index contributed by atoms with van der Waals surface area (Å²) in [7, 11) is -0.816. The maximum atomic E-state index is 11.4. The molecule has 0 bridgehead atoms. The van der Waals surface area contributed by atoms with Crippen LogP contribution in [0.3, 0.4) is 0 Å². The third-order valence-corrected chi connectivity index (χ3v) is 3.84. The predicted octanol–water partition coefficient (Wildman–Crippen LogP) is 0.691. The van der Waals surface area contributed by atoms with Gasteiger partial charge in [-0.25, -0.2) is 4.68 Å². The molecule has 0 spiro atoms. The number of aromatic nitrogens is 4. The molecule has 2 rings (SSSR count). The molecule has 18 heavy (non-hydrogen) atoms. The average Bonchev–Trinajstić information content (AvgIpc) is 2.85. The molecule has 96 valence electrons. The van der Waals surface area contributed by atoms with E-state index in [0.29, 0.717) is 29.6 Å². The second-order valence-electron chi connectivity index (χ2n) is 3.78. The summed E-state index contributed by atoms with van der Waals surface area (Å²) in [6.07, 6.45) is 0. The molecule has 0 aliphatic rings. The number of tetrazole rings is 1. The zero-order chi connectivity index (χ0) is 13.0. The smallest absolute Gasteiger partial charge is 0.182 e. The van der Waals surface area contributed by atoms with Gasteiger partial charge < -0.3 is 5.73 Å². The number of hydrogen-bond acceptors (Lipinski definition) is 5. The SMILES string of the molecule is CCS(=O)CCn1nnnc1-c1ccc(N)cc1. The minimum Gasteiger partial charge on any atom is -0.399 e. The Bertz CT molecular complexity index is 537. The topological polar surface area (TPSA) is 86.7 Å². The van der Waals surface area contributed by atoms with E-state index < -0.39 is 10.8 Å².